The average Bonchev–Trinajstić information content (AvgIpc) is 3.04. The van der Waals surface area contributed by atoms with Crippen LogP contribution in [0.25, 0.3) is 11.0 Å². The number of rotatable bonds is 3. The first kappa shape index (κ1) is 13.5. The molecule has 0 amide bonds. The number of pyridine rings is 1. The summed E-state index contributed by atoms with van der Waals surface area (Å²) < 4.78 is 2.05. The Hall–Kier alpha value is -1.17. The SMILES string of the molecule is CN1CC(n2ncc3c(CN4CCCC4)cc(Cl)nc32)C1. The van der Waals surface area contributed by atoms with Crippen molar-refractivity contribution in [3.05, 3.63) is 23.0 Å². The van der Waals surface area contributed by atoms with Crippen LogP contribution in [0.3, 0.4) is 0 Å². The fourth-order valence-electron chi connectivity index (χ4n) is 3.45. The summed E-state index contributed by atoms with van der Waals surface area (Å²) in [5, 5.41) is 6.31. The van der Waals surface area contributed by atoms with Gasteiger partial charge in [0.15, 0.2) is 5.65 Å². The minimum Gasteiger partial charge on any atom is -0.302 e. The van der Waals surface area contributed by atoms with Gasteiger partial charge in [0.1, 0.15) is 5.15 Å². The van der Waals surface area contributed by atoms with Crippen molar-refractivity contribution < 1.29 is 0 Å². The molecule has 0 N–H and O–H groups in total. The lowest BCUT2D eigenvalue weighted by atomic mass is 10.1. The first-order valence-corrected chi connectivity index (χ1v) is 8.02. The quantitative estimate of drug-likeness (QED) is 0.815. The summed E-state index contributed by atoms with van der Waals surface area (Å²) in [6.07, 6.45) is 4.56. The Labute approximate surface area is 129 Å². The first-order valence-electron chi connectivity index (χ1n) is 7.64. The molecular formula is C15H20ClN5. The molecule has 2 aliphatic rings. The Morgan fingerprint density at radius 3 is 2.76 bits per heavy atom. The molecule has 4 rings (SSSR count). The van der Waals surface area contributed by atoms with Crippen molar-refractivity contribution >= 4 is 22.6 Å². The minimum absolute atomic E-state index is 0.429. The van der Waals surface area contributed by atoms with Crippen molar-refractivity contribution in [1.29, 1.82) is 0 Å². The number of hydrogen-bond donors (Lipinski definition) is 0. The Kier molecular flexibility index (Phi) is 3.36. The van der Waals surface area contributed by atoms with Crippen molar-refractivity contribution in [3.8, 4) is 0 Å². The number of nitrogens with zero attached hydrogens (tertiary/aromatic N) is 5. The van der Waals surface area contributed by atoms with E-state index < -0.39 is 0 Å². The van der Waals surface area contributed by atoms with Gasteiger partial charge >= 0.3 is 0 Å². The maximum Gasteiger partial charge on any atom is 0.160 e. The van der Waals surface area contributed by atoms with E-state index in [-0.39, 0.29) is 0 Å². The number of likely N-dealkylation sites (tertiary alicyclic amines) is 2. The zero-order valence-electron chi connectivity index (χ0n) is 12.3. The van der Waals surface area contributed by atoms with Crippen molar-refractivity contribution in [2.24, 2.45) is 0 Å². The summed E-state index contributed by atoms with van der Waals surface area (Å²) in [4.78, 5) is 9.30. The zero-order chi connectivity index (χ0) is 14.4. The van der Waals surface area contributed by atoms with Gasteiger partial charge in [-0.15, -0.1) is 0 Å². The Morgan fingerprint density at radius 1 is 1.29 bits per heavy atom. The molecule has 0 radical (unpaired) electrons. The van der Waals surface area contributed by atoms with E-state index in [1.165, 1.54) is 31.5 Å². The van der Waals surface area contributed by atoms with Crippen LogP contribution in [0.4, 0.5) is 0 Å². The van der Waals surface area contributed by atoms with E-state index in [2.05, 4.69) is 31.6 Å². The van der Waals surface area contributed by atoms with Crippen LogP contribution in [0.1, 0.15) is 24.4 Å². The second-order valence-corrected chi connectivity index (χ2v) is 6.68. The second kappa shape index (κ2) is 5.23. The molecule has 2 aromatic rings. The van der Waals surface area contributed by atoms with Crippen molar-refractivity contribution in [2.45, 2.75) is 25.4 Å². The lowest BCUT2D eigenvalue weighted by Gasteiger charge is -2.36. The maximum absolute atomic E-state index is 6.25. The van der Waals surface area contributed by atoms with Gasteiger partial charge in [0.2, 0.25) is 0 Å². The standard InChI is InChI=1S/C15H20ClN5/c1-19-9-12(10-19)21-15-13(7-17-21)11(6-14(16)18-15)8-20-4-2-3-5-20/h6-7,12H,2-5,8-10H2,1H3. The van der Waals surface area contributed by atoms with E-state index in [1.54, 1.807) is 0 Å². The van der Waals surface area contributed by atoms with Crippen molar-refractivity contribution in [3.63, 3.8) is 0 Å². The normalized spacial score (nSPS) is 21.2. The molecule has 0 saturated carbocycles. The number of hydrogen-bond acceptors (Lipinski definition) is 4. The van der Waals surface area contributed by atoms with Crippen molar-refractivity contribution in [1.82, 2.24) is 24.6 Å². The monoisotopic (exact) mass is 305 g/mol. The predicted octanol–water partition coefficient (Wildman–Crippen LogP) is 2.17. The molecule has 2 saturated heterocycles. The van der Waals surface area contributed by atoms with Gasteiger partial charge in [0, 0.05) is 25.0 Å². The molecule has 6 heteroatoms. The van der Waals surface area contributed by atoms with E-state index in [0.717, 1.165) is 30.7 Å². The van der Waals surface area contributed by atoms with Crippen LogP contribution in [0.15, 0.2) is 12.3 Å². The molecular weight excluding hydrogens is 286 g/mol. The van der Waals surface area contributed by atoms with Gasteiger partial charge in [-0.3, -0.25) is 4.90 Å². The Morgan fingerprint density at radius 2 is 2.05 bits per heavy atom. The first-order chi connectivity index (χ1) is 10.2. The molecule has 2 fully saturated rings. The summed E-state index contributed by atoms with van der Waals surface area (Å²) >= 11 is 6.25. The number of aromatic nitrogens is 3. The summed E-state index contributed by atoms with van der Waals surface area (Å²) in [5.41, 5.74) is 2.20. The molecule has 4 heterocycles. The highest BCUT2D eigenvalue weighted by Gasteiger charge is 2.28. The molecule has 0 bridgehead atoms. The number of likely N-dealkylation sites (N-methyl/N-ethyl adjacent to an activating group) is 1. The van der Waals surface area contributed by atoms with Gasteiger partial charge in [-0.1, -0.05) is 11.6 Å². The van der Waals surface area contributed by atoms with E-state index >= 15 is 0 Å². The molecule has 0 unspecified atom stereocenters. The molecule has 2 aliphatic heterocycles. The van der Waals surface area contributed by atoms with Gasteiger partial charge in [-0.2, -0.15) is 5.10 Å². The molecule has 112 valence electrons. The van der Waals surface area contributed by atoms with Gasteiger partial charge in [0.05, 0.1) is 12.2 Å². The highest BCUT2D eigenvalue weighted by molar-refractivity contribution is 6.29. The van der Waals surface area contributed by atoms with Crippen LogP contribution >= 0.6 is 11.6 Å². The summed E-state index contributed by atoms with van der Waals surface area (Å²) in [5.74, 6) is 0. The molecule has 5 nitrogen and oxygen atoms in total. The molecule has 0 aliphatic carbocycles. The van der Waals surface area contributed by atoms with E-state index in [4.69, 9.17) is 11.6 Å². The second-order valence-electron chi connectivity index (χ2n) is 6.29. The molecule has 0 aromatic carbocycles. The number of halogens is 1. The van der Waals surface area contributed by atoms with Crippen molar-refractivity contribution in [2.75, 3.05) is 33.2 Å². The molecule has 2 aromatic heterocycles. The maximum atomic E-state index is 6.25. The van der Waals surface area contributed by atoms with Crippen LogP contribution in [0, 0.1) is 0 Å². The molecule has 0 spiro atoms. The van der Waals surface area contributed by atoms with Crippen LogP contribution in [-0.4, -0.2) is 57.8 Å². The lowest BCUT2D eigenvalue weighted by molar-refractivity contribution is 0.133. The van der Waals surface area contributed by atoms with Crippen LogP contribution in [-0.2, 0) is 6.54 Å². The van der Waals surface area contributed by atoms with Crippen LogP contribution in [0.5, 0.6) is 0 Å². The third kappa shape index (κ3) is 2.43. The van der Waals surface area contributed by atoms with Crippen LogP contribution in [0.2, 0.25) is 5.15 Å². The van der Waals surface area contributed by atoms with E-state index in [1.807, 2.05) is 12.3 Å². The van der Waals surface area contributed by atoms with Gasteiger partial charge in [-0.25, -0.2) is 9.67 Å². The fourth-order valence-corrected chi connectivity index (χ4v) is 3.66. The third-order valence-corrected chi connectivity index (χ3v) is 4.80. The lowest BCUT2D eigenvalue weighted by Crippen LogP contribution is -2.45. The molecule has 0 atom stereocenters. The summed E-state index contributed by atoms with van der Waals surface area (Å²) in [6.45, 7) is 5.39. The fraction of sp³-hybridized carbons (Fsp3) is 0.600. The third-order valence-electron chi connectivity index (χ3n) is 4.60. The Bertz CT molecular complexity index is 655. The summed E-state index contributed by atoms with van der Waals surface area (Å²) in [7, 11) is 2.13. The topological polar surface area (TPSA) is 37.2 Å². The van der Waals surface area contributed by atoms with Gasteiger partial charge in [0.25, 0.3) is 0 Å². The largest absolute Gasteiger partial charge is 0.302 e. The highest BCUT2D eigenvalue weighted by atomic mass is 35.5. The highest BCUT2D eigenvalue weighted by Crippen LogP contribution is 2.28. The van der Waals surface area contributed by atoms with Crippen LogP contribution < -0.4 is 0 Å². The zero-order valence-corrected chi connectivity index (χ0v) is 13.1. The van der Waals surface area contributed by atoms with E-state index in [0.29, 0.717) is 11.2 Å². The smallest absolute Gasteiger partial charge is 0.160 e. The summed E-state index contributed by atoms with van der Waals surface area (Å²) in [6, 6.07) is 2.43. The van der Waals surface area contributed by atoms with Gasteiger partial charge < -0.3 is 4.90 Å². The average molecular weight is 306 g/mol. The van der Waals surface area contributed by atoms with Gasteiger partial charge in [-0.05, 0) is 44.6 Å². The number of fused-ring (bicyclic) bond motifs is 1. The molecule has 21 heavy (non-hydrogen) atoms. The predicted molar refractivity (Wildman–Crippen MR) is 83.6 cm³/mol. The van der Waals surface area contributed by atoms with E-state index in [9.17, 15) is 0 Å². The Balaban J connectivity index is 1.70. The minimum atomic E-state index is 0.429.